The third-order valence-corrected chi connectivity index (χ3v) is 1.53. The fraction of sp³-hybridized carbons (Fsp3) is 0.0833. The highest BCUT2D eigenvalue weighted by molar-refractivity contribution is 5.30. The summed E-state index contributed by atoms with van der Waals surface area (Å²) < 4.78 is 0. The van der Waals surface area contributed by atoms with E-state index in [2.05, 4.69) is 31.4 Å². The van der Waals surface area contributed by atoms with Crippen LogP contribution in [0.3, 0.4) is 0 Å². The Kier molecular flexibility index (Phi) is 6.16. The smallest absolute Gasteiger partial charge is 0.0263 e. The molecule has 1 nitrogen and oxygen atoms in total. The maximum Gasteiger partial charge on any atom is 0.0263 e. The molecule has 68 valence electrons. The fourth-order valence-electron chi connectivity index (χ4n) is 0.811. The van der Waals surface area contributed by atoms with Gasteiger partial charge in [-0.2, -0.15) is 0 Å². The monoisotopic (exact) mass is 173 g/mol. The fourth-order valence-corrected chi connectivity index (χ4v) is 0.811. The first-order valence-electron chi connectivity index (χ1n) is 3.99. The second-order valence-electron chi connectivity index (χ2n) is 2.46. The Morgan fingerprint density at radius 3 is 2.46 bits per heavy atom. The van der Waals surface area contributed by atoms with E-state index in [0.29, 0.717) is 0 Å². The molecular formula is C12H15N. The Hall–Kier alpha value is -1.63. The average Bonchev–Trinajstić information content (AvgIpc) is 2.16. The molecule has 0 saturated carbocycles. The number of hydrogen-bond donors (Lipinski definition) is 0. The Balaban J connectivity index is 4.39. The van der Waals surface area contributed by atoms with Crippen molar-refractivity contribution in [2.45, 2.75) is 0 Å². The minimum Gasteiger partial charge on any atom is -0.273 e. The van der Waals surface area contributed by atoms with Gasteiger partial charge in [0.25, 0.3) is 0 Å². The number of allylic oxidation sites excluding steroid dienone is 6. The van der Waals surface area contributed by atoms with Crippen LogP contribution >= 0.6 is 0 Å². The Labute approximate surface area is 80.2 Å². The second-order valence-corrected chi connectivity index (χ2v) is 2.46. The van der Waals surface area contributed by atoms with E-state index in [0.717, 1.165) is 5.57 Å². The topological polar surface area (TPSA) is 12.4 Å². The zero-order chi connectivity index (χ0) is 10.1. The van der Waals surface area contributed by atoms with Crippen molar-refractivity contribution >= 4 is 6.72 Å². The Morgan fingerprint density at radius 1 is 1.31 bits per heavy atom. The summed E-state index contributed by atoms with van der Waals surface area (Å²) >= 11 is 0. The normalized spacial score (nSPS) is 12.9. The van der Waals surface area contributed by atoms with Crippen molar-refractivity contribution < 1.29 is 0 Å². The summed E-state index contributed by atoms with van der Waals surface area (Å²) in [7, 11) is 0. The van der Waals surface area contributed by atoms with E-state index >= 15 is 0 Å². The largest absolute Gasteiger partial charge is 0.273 e. The maximum absolute atomic E-state index is 3.88. The molecule has 0 aliphatic rings. The van der Waals surface area contributed by atoms with Crippen LogP contribution in [0.15, 0.2) is 66.9 Å². The summed E-state index contributed by atoms with van der Waals surface area (Å²) in [6.45, 7) is 14.5. The van der Waals surface area contributed by atoms with E-state index in [1.807, 2.05) is 24.3 Å². The lowest BCUT2D eigenvalue weighted by Gasteiger charge is -2.05. The third kappa shape index (κ3) is 4.75. The summed E-state index contributed by atoms with van der Waals surface area (Å²) in [6.07, 6.45) is 10.8. The summed E-state index contributed by atoms with van der Waals surface area (Å²) in [6, 6.07) is 0. The molecule has 1 unspecified atom stereocenters. The van der Waals surface area contributed by atoms with Crippen LogP contribution in [0.1, 0.15) is 0 Å². The van der Waals surface area contributed by atoms with Crippen molar-refractivity contribution in [1.82, 2.24) is 0 Å². The number of nitrogens with zero attached hydrogens (tertiary/aromatic N) is 1. The molecular weight excluding hydrogens is 158 g/mol. The molecule has 0 bridgehead atoms. The first kappa shape index (κ1) is 11.4. The molecule has 0 aliphatic heterocycles. The van der Waals surface area contributed by atoms with Gasteiger partial charge in [-0.1, -0.05) is 37.5 Å². The van der Waals surface area contributed by atoms with E-state index in [1.165, 1.54) is 0 Å². The first-order valence-corrected chi connectivity index (χ1v) is 3.99. The van der Waals surface area contributed by atoms with Crippen molar-refractivity contribution in [1.29, 1.82) is 0 Å². The van der Waals surface area contributed by atoms with Gasteiger partial charge in [-0.15, -0.1) is 6.58 Å². The molecule has 0 aromatic rings. The van der Waals surface area contributed by atoms with E-state index in [1.54, 1.807) is 12.3 Å². The van der Waals surface area contributed by atoms with Gasteiger partial charge in [0.2, 0.25) is 0 Å². The highest BCUT2D eigenvalue weighted by Gasteiger charge is 1.99. The maximum atomic E-state index is 3.88. The van der Waals surface area contributed by atoms with Crippen LogP contribution in [0, 0.1) is 5.92 Å². The molecule has 1 atom stereocenters. The second kappa shape index (κ2) is 7.04. The molecule has 0 radical (unpaired) electrons. The SMILES string of the molecule is C=CC=CC(C=C)C(=C)/C=C\N=C. The lowest BCUT2D eigenvalue weighted by Crippen LogP contribution is -1.92. The predicted octanol–water partition coefficient (Wildman–Crippen LogP) is 3.30. The molecule has 0 aliphatic carbocycles. The van der Waals surface area contributed by atoms with Crippen molar-refractivity contribution in [3.63, 3.8) is 0 Å². The van der Waals surface area contributed by atoms with Crippen LogP contribution in [0.4, 0.5) is 0 Å². The molecule has 0 amide bonds. The van der Waals surface area contributed by atoms with Crippen LogP contribution in [-0.4, -0.2) is 6.72 Å². The first-order chi connectivity index (χ1) is 6.26. The van der Waals surface area contributed by atoms with Gasteiger partial charge in [0.05, 0.1) is 0 Å². The molecule has 0 N–H and O–H groups in total. The summed E-state index contributed by atoms with van der Waals surface area (Å²) in [5.41, 5.74) is 0.931. The predicted molar refractivity (Wildman–Crippen MR) is 60.9 cm³/mol. The van der Waals surface area contributed by atoms with E-state index in [9.17, 15) is 0 Å². The van der Waals surface area contributed by atoms with E-state index < -0.39 is 0 Å². The molecule has 0 fully saturated rings. The minimum atomic E-state index is 0.135. The van der Waals surface area contributed by atoms with E-state index in [-0.39, 0.29) is 5.92 Å². The zero-order valence-electron chi connectivity index (χ0n) is 7.82. The summed E-state index contributed by atoms with van der Waals surface area (Å²) in [5.74, 6) is 0.135. The number of aliphatic imine (C=N–C) groups is 1. The van der Waals surface area contributed by atoms with Crippen LogP contribution in [0.5, 0.6) is 0 Å². The quantitative estimate of drug-likeness (QED) is 0.332. The molecule has 0 aromatic carbocycles. The highest BCUT2D eigenvalue weighted by Crippen LogP contribution is 2.13. The minimum absolute atomic E-state index is 0.135. The summed E-state index contributed by atoms with van der Waals surface area (Å²) in [5, 5.41) is 0. The van der Waals surface area contributed by atoms with Crippen LogP contribution in [-0.2, 0) is 0 Å². The Morgan fingerprint density at radius 2 is 2.00 bits per heavy atom. The van der Waals surface area contributed by atoms with Gasteiger partial charge in [-0.05, 0) is 18.4 Å². The van der Waals surface area contributed by atoms with Gasteiger partial charge < -0.3 is 0 Å². The van der Waals surface area contributed by atoms with Gasteiger partial charge in [-0.3, -0.25) is 4.99 Å². The highest BCUT2D eigenvalue weighted by atomic mass is 14.6. The van der Waals surface area contributed by atoms with Crippen molar-refractivity contribution in [2.75, 3.05) is 0 Å². The molecule has 13 heavy (non-hydrogen) atoms. The molecule has 0 heterocycles. The number of hydrogen-bond acceptors (Lipinski definition) is 1. The average molecular weight is 173 g/mol. The van der Waals surface area contributed by atoms with Gasteiger partial charge in [0, 0.05) is 12.1 Å². The van der Waals surface area contributed by atoms with Crippen molar-refractivity contribution in [2.24, 2.45) is 10.9 Å². The lowest BCUT2D eigenvalue weighted by molar-refractivity contribution is 1.01. The van der Waals surface area contributed by atoms with Gasteiger partial charge in [0.15, 0.2) is 0 Å². The molecule has 0 saturated heterocycles. The summed E-state index contributed by atoms with van der Waals surface area (Å²) in [4.78, 5) is 3.60. The van der Waals surface area contributed by atoms with Crippen molar-refractivity contribution in [3.8, 4) is 0 Å². The van der Waals surface area contributed by atoms with Crippen molar-refractivity contribution in [3.05, 3.63) is 61.9 Å². The van der Waals surface area contributed by atoms with Gasteiger partial charge in [-0.25, -0.2) is 0 Å². The third-order valence-electron chi connectivity index (χ3n) is 1.53. The molecule has 0 rings (SSSR count). The molecule has 0 spiro atoms. The van der Waals surface area contributed by atoms with Gasteiger partial charge in [0.1, 0.15) is 0 Å². The zero-order valence-corrected chi connectivity index (χ0v) is 7.82. The Bertz CT molecular complexity index is 256. The van der Waals surface area contributed by atoms with Crippen LogP contribution in [0.25, 0.3) is 0 Å². The van der Waals surface area contributed by atoms with E-state index in [4.69, 9.17) is 0 Å². The van der Waals surface area contributed by atoms with Gasteiger partial charge >= 0.3 is 0 Å². The molecule has 1 heteroatoms. The lowest BCUT2D eigenvalue weighted by atomic mass is 10.0. The standard InChI is InChI=1S/C12H15N/c1-5-7-8-12(6-2)11(3)9-10-13-4/h5-10,12H,1-4H2/b8-7?,10-9-. The number of rotatable bonds is 6. The van der Waals surface area contributed by atoms with Crippen LogP contribution < -0.4 is 0 Å². The molecule has 0 aromatic heterocycles. The van der Waals surface area contributed by atoms with Crippen LogP contribution in [0.2, 0.25) is 0 Å².